The lowest BCUT2D eigenvalue weighted by molar-refractivity contribution is 0.0695. The molecule has 162 valence electrons. The van der Waals surface area contributed by atoms with Gasteiger partial charge in [0.1, 0.15) is 17.9 Å². The Morgan fingerprint density at radius 1 is 1.43 bits per heavy atom. The molecular weight excluding hydrogens is 396 g/mol. The van der Waals surface area contributed by atoms with Crippen LogP contribution in [0, 0.1) is 5.82 Å². The number of methoxy groups -OCH3 is 1. The monoisotopic (exact) mass is 421 g/mol. The van der Waals surface area contributed by atoms with Crippen molar-refractivity contribution in [3.05, 3.63) is 33.9 Å². The fraction of sp³-hybridized carbons (Fsp3) is 0.524. The van der Waals surface area contributed by atoms with E-state index in [1.54, 1.807) is 16.5 Å². The van der Waals surface area contributed by atoms with Crippen LogP contribution >= 0.6 is 0 Å². The molecule has 1 aromatic carbocycles. The van der Waals surface area contributed by atoms with Gasteiger partial charge in [-0.05, 0) is 38.8 Å². The molecule has 2 N–H and O–H groups in total. The number of aromatic carboxylic acids is 1. The number of carboxylic acid groups (broad SMARTS) is 1. The zero-order valence-corrected chi connectivity index (χ0v) is 17.0. The van der Waals surface area contributed by atoms with Gasteiger partial charge in [0, 0.05) is 25.3 Å². The number of nitrogens with zero attached hydrogens (tertiary/aromatic N) is 2. The van der Waals surface area contributed by atoms with Crippen molar-refractivity contribution in [3.63, 3.8) is 0 Å². The number of likely N-dealkylation sites (N-methyl/N-ethyl adjacent to an activating group) is 1. The Morgan fingerprint density at radius 2 is 2.17 bits per heavy atom. The molecule has 1 atom stereocenters. The van der Waals surface area contributed by atoms with Crippen molar-refractivity contribution in [2.45, 2.75) is 37.3 Å². The molecule has 4 rings (SSSR count). The summed E-state index contributed by atoms with van der Waals surface area (Å²) in [6.45, 7) is 0.176. The highest BCUT2D eigenvalue weighted by molar-refractivity contribution is 5.97. The molecule has 7 nitrogen and oxygen atoms in total. The number of ether oxygens (including phenoxy) is 1. The van der Waals surface area contributed by atoms with E-state index < -0.39 is 35.0 Å². The molecule has 1 saturated heterocycles. The highest BCUT2D eigenvalue weighted by Gasteiger charge is 2.37. The molecule has 1 saturated carbocycles. The summed E-state index contributed by atoms with van der Waals surface area (Å²) in [6, 6.07) is 1.12. The number of aromatic nitrogens is 1. The SMILES string of the molecule is CNC1(CF)CCCN(c2c(F)cc3c(=O)c(C(=O)O)cn(C4CC4)c3c2OC)C1. The Morgan fingerprint density at radius 3 is 2.73 bits per heavy atom. The number of anilines is 1. The minimum Gasteiger partial charge on any atom is -0.492 e. The number of hydrogen-bond acceptors (Lipinski definition) is 5. The van der Waals surface area contributed by atoms with Gasteiger partial charge >= 0.3 is 5.97 Å². The van der Waals surface area contributed by atoms with Gasteiger partial charge in [-0.1, -0.05) is 0 Å². The van der Waals surface area contributed by atoms with E-state index in [9.17, 15) is 19.1 Å². The van der Waals surface area contributed by atoms with Gasteiger partial charge in [0.2, 0.25) is 5.43 Å². The summed E-state index contributed by atoms with van der Waals surface area (Å²) >= 11 is 0. The van der Waals surface area contributed by atoms with Crippen LogP contribution in [0.4, 0.5) is 14.5 Å². The first kappa shape index (κ1) is 20.6. The lowest BCUT2D eigenvalue weighted by atomic mass is 9.90. The van der Waals surface area contributed by atoms with Crippen LogP contribution in [0.5, 0.6) is 5.75 Å². The fourth-order valence-corrected chi connectivity index (χ4v) is 4.43. The Bertz CT molecular complexity index is 1060. The van der Waals surface area contributed by atoms with Gasteiger partial charge in [-0.25, -0.2) is 13.6 Å². The van der Waals surface area contributed by atoms with E-state index >= 15 is 4.39 Å². The minimum atomic E-state index is -1.35. The van der Waals surface area contributed by atoms with E-state index in [1.165, 1.54) is 13.3 Å². The van der Waals surface area contributed by atoms with E-state index in [0.29, 0.717) is 24.9 Å². The largest absolute Gasteiger partial charge is 0.492 e. The predicted molar refractivity (Wildman–Crippen MR) is 109 cm³/mol. The molecule has 2 aromatic rings. The van der Waals surface area contributed by atoms with Crippen LogP contribution in [-0.4, -0.2) is 55.1 Å². The zero-order valence-electron chi connectivity index (χ0n) is 17.0. The summed E-state index contributed by atoms with van der Waals surface area (Å²) in [5.74, 6) is -1.86. The first-order valence-corrected chi connectivity index (χ1v) is 10.0. The maximum absolute atomic E-state index is 15.3. The smallest absolute Gasteiger partial charge is 0.341 e. The van der Waals surface area contributed by atoms with E-state index in [-0.39, 0.29) is 29.4 Å². The molecule has 0 radical (unpaired) electrons. The fourth-order valence-electron chi connectivity index (χ4n) is 4.43. The van der Waals surface area contributed by atoms with E-state index in [4.69, 9.17) is 4.74 Å². The quantitative estimate of drug-likeness (QED) is 0.746. The third-order valence-electron chi connectivity index (χ3n) is 6.25. The predicted octanol–water partition coefficient (Wildman–Crippen LogP) is 2.71. The first-order valence-electron chi connectivity index (χ1n) is 10.0. The van der Waals surface area contributed by atoms with Gasteiger partial charge in [-0.15, -0.1) is 0 Å². The van der Waals surface area contributed by atoms with Crippen molar-refractivity contribution < 1.29 is 23.4 Å². The summed E-state index contributed by atoms with van der Waals surface area (Å²) in [5.41, 5.74) is -1.37. The molecule has 2 fully saturated rings. The number of rotatable bonds is 6. The maximum Gasteiger partial charge on any atom is 0.341 e. The van der Waals surface area contributed by atoms with Gasteiger partial charge in [0.05, 0.1) is 23.6 Å². The van der Waals surface area contributed by atoms with Gasteiger partial charge in [0.15, 0.2) is 11.6 Å². The summed E-state index contributed by atoms with van der Waals surface area (Å²) < 4.78 is 36.5. The molecule has 2 heterocycles. The zero-order chi connectivity index (χ0) is 21.6. The highest BCUT2D eigenvalue weighted by Crippen LogP contribution is 2.44. The molecule has 1 aliphatic heterocycles. The Labute approximate surface area is 172 Å². The van der Waals surface area contributed by atoms with Gasteiger partial charge in [0.25, 0.3) is 0 Å². The summed E-state index contributed by atoms with van der Waals surface area (Å²) in [7, 11) is 3.09. The average Bonchev–Trinajstić information content (AvgIpc) is 3.58. The van der Waals surface area contributed by atoms with Crippen LogP contribution in [0.3, 0.4) is 0 Å². The molecule has 0 bridgehead atoms. The van der Waals surface area contributed by atoms with Crippen LogP contribution in [0.1, 0.15) is 42.1 Å². The number of alkyl halides is 1. The van der Waals surface area contributed by atoms with Gasteiger partial charge in [-0.3, -0.25) is 4.79 Å². The van der Waals surface area contributed by atoms with Gasteiger partial charge in [-0.2, -0.15) is 0 Å². The second kappa shape index (κ2) is 7.54. The molecule has 1 unspecified atom stereocenters. The Kier molecular flexibility index (Phi) is 5.17. The summed E-state index contributed by atoms with van der Waals surface area (Å²) in [4.78, 5) is 26.1. The van der Waals surface area contributed by atoms with Crippen molar-refractivity contribution >= 4 is 22.6 Å². The molecule has 9 heteroatoms. The lowest BCUT2D eigenvalue weighted by Gasteiger charge is -2.42. The third kappa shape index (κ3) is 3.21. The van der Waals surface area contributed by atoms with Crippen LogP contribution in [0.15, 0.2) is 17.1 Å². The number of carboxylic acids is 1. The highest BCUT2D eigenvalue weighted by atomic mass is 19.1. The lowest BCUT2D eigenvalue weighted by Crippen LogP contribution is -2.57. The van der Waals surface area contributed by atoms with E-state index in [0.717, 1.165) is 18.9 Å². The molecular formula is C21H25F2N3O4. The average molecular weight is 421 g/mol. The number of piperidine rings is 1. The number of hydrogen-bond donors (Lipinski definition) is 2. The Balaban J connectivity index is 1.97. The number of fused-ring (bicyclic) bond motifs is 1. The van der Waals surface area contributed by atoms with Crippen molar-refractivity contribution in [1.82, 2.24) is 9.88 Å². The maximum atomic E-state index is 15.3. The molecule has 2 aliphatic rings. The van der Waals surface area contributed by atoms with Gasteiger partial charge < -0.3 is 24.6 Å². The topological polar surface area (TPSA) is 83.8 Å². The number of benzene rings is 1. The van der Waals surface area contributed by atoms with E-state index in [2.05, 4.69) is 5.32 Å². The standard InChI is InChI=1S/C21H25F2N3O4/c1-24-21(10-22)6-3-7-25(11-21)17-15(23)8-13-16(19(17)30-2)26(12-4-5-12)9-14(18(13)27)20(28)29/h8-9,12,24H,3-7,10-11H2,1-2H3,(H,28,29). The van der Waals surface area contributed by atoms with Crippen molar-refractivity contribution in [3.8, 4) is 5.75 Å². The van der Waals surface area contributed by atoms with Crippen molar-refractivity contribution in [2.75, 3.05) is 38.8 Å². The van der Waals surface area contributed by atoms with Crippen LogP contribution in [0.25, 0.3) is 10.9 Å². The molecule has 1 aliphatic carbocycles. The van der Waals surface area contributed by atoms with Crippen molar-refractivity contribution in [2.24, 2.45) is 0 Å². The minimum absolute atomic E-state index is 0.0257. The van der Waals surface area contributed by atoms with Crippen LogP contribution in [-0.2, 0) is 0 Å². The van der Waals surface area contributed by atoms with Crippen LogP contribution in [0.2, 0.25) is 0 Å². The molecule has 0 spiro atoms. The van der Waals surface area contributed by atoms with Crippen LogP contribution < -0.4 is 20.4 Å². The number of carbonyl (C=O) groups is 1. The first-order chi connectivity index (χ1) is 14.4. The molecule has 0 amide bonds. The number of halogens is 2. The normalized spacial score (nSPS) is 21.8. The number of nitrogens with one attached hydrogen (secondary N) is 1. The van der Waals surface area contributed by atoms with E-state index in [1.807, 2.05) is 0 Å². The summed E-state index contributed by atoms with van der Waals surface area (Å²) in [6.07, 6.45) is 4.29. The Hall–Kier alpha value is -2.68. The summed E-state index contributed by atoms with van der Waals surface area (Å²) in [5, 5.41) is 12.4. The molecule has 1 aromatic heterocycles. The second-order valence-electron chi connectivity index (χ2n) is 8.14. The third-order valence-corrected chi connectivity index (χ3v) is 6.25. The molecule has 30 heavy (non-hydrogen) atoms. The van der Waals surface area contributed by atoms with Crippen molar-refractivity contribution in [1.29, 1.82) is 0 Å². The second-order valence-corrected chi connectivity index (χ2v) is 8.14. The number of pyridine rings is 1.